The van der Waals surface area contributed by atoms with Crippen molar-refractivity contribution in [3.8, 4) is 0 Å². The lowest BCUT2D eigenvalue weighted by molar-refractivity contribution is 0.512. The van der Waals surface area contributed by atoms with Gasteiger partial charge in [0.15, 0.2) is 0 Å². The topological polar surface area (TPSA) is 26.0 Å². The lowest BCUT2D eigenvalue weighted by atomic mass is 9.95. The minimum atomic E-state index is -0.174. The molecule has 2 atom stereocenters. The molecule has 1 saturated heterocycles. The van der Waals surface area contributed by atoms with Crippen LogP contribution in [0.2, 0.25) is 0 Å². The van der Waals surface area contributed by atoms with Crippen LogP contribution in [-0.4, -0.2) is 17.5 Å². The van der Waals surface area contributed by atoms with E-state index in [1.807, 2.05) is 11.8 Å². The van der Waals surface area contributed by atoms with Crippen LogP contribution in [0.15, 0.2) is 22.7 Å². The summed E-state index contributed by atoms with van der Waals surface area (Å²) < 4.78 is 14.0. The average molecular weight is 290 g/mol. The first-order valence-corrected chi connectivity index (χ1v) is 6.89. The van der Waals surface area contributed by atoms with Crippen LogP contribution in [0.25, 0.3) is 0 Å². The zero-order chi connectivity index (χ0) is 10.8. The highest BCUT2D eigenvalue weighted by molar-refractivity contribution is 9.10. The van der Waals surface area contributed by atoms with E-state index in [9.17, 15) is 4.39 Å². The van der Waals surface area contributed by atoms with Gasteiger partial charge in [-0.1, -0.05) is 15.9 Å². The third-order valence-corrected chi connectivity index (χ3v) is 4.80. The Morgan fingerprint density at radius 1 is 1.47 bits per heavy atom. The first-order chi connectivity index (χ1) is 7.16. The van der Waals surface area contributed by atoms with Crippen molar-refractivity contribution in [2.45, 2.75) is 12.5 Å². The quantitative estimate of drug-likeness (QED) is 0.906. The first-order valence-electron chi connectivity index (χ1n) is 4.94. The molecule has 1 aromatic carbocycles. The highest BCUT2D eigenvalue weighted by Gasteiger charge is 2.25. The number of halogens is 2. The Labute approximate surface area is 102 Å². The van der Waals surface area contributed by atoms with E-state index < -0.39 is 0 Å². The molecule has 1 aromatic rings. The van der Waals surface area contributed by atoms with Crippen molar-refractivity contribution in [1.82, 2.24) is 0 Å². The van der Waals surface area contributed by atoms with E-state index >= 15 is 0 Å². The van der Waals surface area contributed by atoms with Crippen molar-refractivity contribution in [3.63, 3.8) is 0 Å². The van der Waals surface area contributed by atoms with Crippen LogP contribution in [0.4, 0.5) is 4.39 Å². The lowest BCUT2D eigenvalue weighted by Crippen LogP contribution is -2.29. The number of nitrogens with two attached hydrogens (primary N) is 1. The van der Waals surface area contributed by atoms with Gasteiger partial charge in [-0.05, 0) is 41.9 Å². The Morgan fingerprint density at radius 3 is 2.93 bits per heavy atom. The summed E-state index contributed by atoms with van der Waals surface area (Å²) in [6.07, 6.45) is 0.868. The van der Waals surface area contributed by atoms with Crippen LogP contribution in [0.3, 0.4) is 0 Å². The maximum Gasteiger partial charge on any atom is 0.123 e. The fourth-order valence-electron chi connectivity index (χ4n) is 1.81. The fourth-order valence-corrected chi connectivity index (χ4v) is 3.56. The van der Waals surface area contributed by atoms with Gasteiger partial charge in [-0.25, -0.2) is 4.39 Å². The zero-order valence-electron chi connectivity index (χ0n) is 8.25. The molecule has 0 radical (unpaired) electrons. The molecule has 0 spiro atoms. The molecular formula is C11H13BrFNS. The molecule has 82 valence electrons. The molecule has 1 nitrogen and oxygen atoms in total. The Morgan fingerprint density at radius 2 is 2.27 bits per heavy atom. The van der Waals surface area contributed by atoms with Crippen LogP contribution in [-0.2, 0) is 6.42 Å². The second-order valence-corrected chi connectivity index (χ2v) is 5.83. The Kier molecular flexibility index (Phi) is 3.69. The van der Waals surface area contributed by atoms with E-state index in [4.69, 9.17) is 5.73 Å². The minimum absolute atomic E-state index is 0.174. The van der Waals surface area contributed by atoms with Crippen LogP contribution in [0, 0.1) is 11.7 Å². The molecule has 0 saturated carbocycles. The van der Waals surface area contributed by atoms with E-state index in [0.29, 0.717) is 5.92 Å². The highest BCUT2D eigenvalue weighted by atomic mass is 79.9. The molecular weight excluding hydrogens is 277 g/mol. The molecule has 4 heteroatoms. The highest BCUT2D eigenvalue weighted by Crippen LogP contribution is 2.28. The summed E-state index contributed by atoms with van der Waals surface area (Å²) >= 11 is 5.33. The van der Waals surface area contributed by atoms with Crippen LogP contribution < -0.4 is 5.73 Å². The standard InChI is InChI=1S/C11H13BrFNS/c12-10-2-1-9(13)4-7(10)3-8-5-15-6-11(8)14/h1-2,4,8,11H,3,5-6,14H2. The van der Waals surface area contributed by atoms with Gasteiger partial charge in [-0.3, -0.25) is 0 Å². The van der Waals surface area contributed by atoms with Gasteiger partial charge in [-0.2, -0.15) is 11.8 Å². The third kappa shape index (κ3) is 2.74. The van der Waals surface area contributed by atoms with Crippen molar-refractivity contribution in [2.24, 2.45) is 11.7 Å². The predicted molar refractivity (Wildman–Crippen MR) is 66.6 cm³/mol. The molecule has 0 amide bonds. The fraction of sp³-hybridized carbons (Fsp3) is 0.455. The summed E-state index contributed by atoms with van der Waals surface area (Å²) in [5, 5.41) is 0. The van der Waals surface area contributed by atoms with Crippen molar-refractivity contribution in [3.05, 3.63) is 34.1 Å². The van der Waals surface area contributed by atoms with Gasteiger partial charge in [0.1, 0.15) is 5.82 Å². The maximum atomic E-state index is 13.1. The van der Waals surface area contributed by atoms with Crippen molar-refractivity contribution in [2.75, 3.05) is 11.5 Å². The van der Waals surface area contributed by atoms with Gasteiger partial charge < -0.3 is 5.73 Å². The normalized spacial score (nSPS) is 25.8. The molecule has 1 aliphatic heterocycles. The van der Waals surface area contributed by atoms with Gasteiger partial charge in [0.05, 0.1) is 0 Å². The summed E-state index contributed by atoms with van der Waals surface area (Å²) in [6.45, 7) is 0. The average Bonchev–Trinajstić information content (AvgIpc) is 2.58. The minimum Gasteiger partial charge on any atom is -0.327 e. The van der Waals surface area contributed by atoms with E-state index in [1.54, 1.807) is 12.1 Å². The number of thioether (sulfide) groups is 1. The Balaban J connectivity index is 2.12. The molecule has 0 bridgehead atoms. The molecule has 0 aromatic heterocycles. The molecule has 0 aliphatic carbocycles. The van der Waals surface area contributed by atoms with Gasteiger partial charge >= 0.3 is 0 Å². The molecule has 15 heavy (non-hydrogen) atoms. The first kappa shape index (κ1) is 11.4. The number of rotatable bonds is 2. The van der Waals surface area contributed by atoms with Crippen LogP contribution >= 0.6 is 27.7 Å². The lowest BCUT2D eigenvalue weighted by Gasteiger charge is -2.15. The van der Waals surface area contributed by atoms with Crippen molar-refractivity contribution in [1.29, 1.82) is 0 Å². The van der Waals surface area contributed by atoms with E-state index in [-0.39, 0.29) is 11.9 Å². The monoisotopic (exact) mass is 289 g/mol. The summed E-state index contributed by atoms with van der Waals surface area (Å²) in [4.78, 5) is 0. The van der Waals surface area contributed by atoms with Gasteiger partial charge in [0.25, 0.3) is 0 Å². The SMILES string of the molecule is NC1CSCC1Cc1cc(F)ccc1Br. The summed E-state index contributed by atoms with van der Waals surface area (Å²) in [5.41, 5.74) is 7.01. The van der Waals surface area contributed by atoms with E-state index in [0.717, 1.165) is 28.0 Å². The van der Waals surface area contributed by atoms with E-state index in [1.165, 1.54) is 6.07 Å². The molecule has 1 fully saturated rings. The van der Waals surface area contributed by atoms with Crippen LogP contribution in [0.1, 0.15) is 5.56 Å². The molecule has 2 unspecified atom stereocenters. The molecule has 1 aliphatic rings. The van der Waals surface area contributed by atoms with E-state index in [2.05, 4.69) is 15.9 Å². The smallest absolute Gasteiger partial charge is 0.123 e. The number of hydrogen-bond acceptors (Lipinski definition) is 2. The van der Waals surface area contributed by atoms with Crippen molar-refractivity contribution < 1.29 is 4.39 Å². The van der Waals surface area contributed by atoms with Gasteiger partial charge in [0.2, 0.25) is 0 Å². The van der Waals surface area contributed by atoms with Crippen LogP contribution in [0.5, 0.6) is 0 Å². The summed E-state index contributed by atoms with van der Waals surface area (Å²) in [7, 11) is 0. The number of hydrogen-bond donors (Lipinski definition) is 1. The second kappa shape index (κ2) is 4.85. The molecule has 1 heterocycles. The maximum absolute atomic E-state index is 13.1. The third-order valence-electron chi connectivity index (χ3n) is 2.74. The predicted octanol–water partition coefficient (Wildman–Crippen LogP) is 2.82. The molecule has 2 rings (SSSR count). The number of benzene rings is 1. The largest absolute Gasteiger partial charge is 0.327 e. The van der Waals surface area contributed by atoms with Gasteiger partial charge in [-0.15, -0.1) is 0 Å². The summed E-state index contributed by atoms with van der Waals surface area (Å²) in [5.74, 6) is 2.42. The molecule has 2 N–H and O–H groups in total. The van der Waals surface area contributed by atoms with Crippen molar-refractivity contribution >= 4 is 27.7 Å². The second-order valence-electron chi connectivity index (χ2n) is 3.90. The summed E-state index contributed by atoms with van der Waals surface area (Å²) in [6, 6.07) is 5.08. The van der Waals surface area contributed by atoms with Gasteiger partial charge in [0, 0.05) is 16.3 Å². The zero-order valence-corrected chi connectivity index (χ0v) is 10.7. The Bertz CT molecular complexity index is 358. The Hall–Kier alpha value is -0.0600.